The van der Waals surface area contributed by atoms with Crippen LogP contribution in [0.5, 0.6) is 0 Å². The van der Waals surface area contributed by atoms with Gasteiger partial charge in [0.05, 0.1) is 11.1 Å². The minimum absolute atomic E-state index is 0.239. The van der Waals surface area contributed by atoms with E-state index in [4.69, 9.17) is 11.6 Å². The molecule has 1 N–H and O–H groups in total. The molecule has 0 fully saturated rings. The van der Waals surface area contributed by atoms with E-state index in [2.05, 4.69) is 10.3 Å². The molecule has 0 atom stereocenters. The van der Waals surface area contributed by atoms with Crippen molar-refractivity contribution in [1.82, 2.24) is 14.1 Å². The third-order valence-corrected chi connectivity index (χ3v) is 4.59. The lowest BCUT2D eigenvalue weighted by Gasteiger charge is -2.13. The maximum absolute atomic E-state index is 13.1. The Morgan fingerprint density at radius 3 is 2.41 bits per heavy atom. The van der Waals surface area contributed by atoms with Gasteiger partial charge in [0, 0.05) is 16.9 Å². The zero-order chi connectivity index (χ0) is 20.4. The summed E-state index contributed by atoms with van der Waals surface area (Å²) in [5.41, 5.74) is 0.0876. The first-order chi connectivity index (χ1) is 14.0. The second kappa shape index (κ2) is 7.73. The number of anilines is 1. The van der Waals surface area contributed by atoms with Crippen LogP contribution in [0.2, 0.25) is 5.02 Å². The normalized spacial score (nSPS) is 10.8. The van der Waals surface area contributed by atoms with E-state index >= 15 is 0 Å². The Labute approximate surface area is 169 Å². The second-order valence-corrected chi connectivity index (χ2v) is 6.71. The zero-order valence-electron chi connectivity index (χ0n) is 15.1. The van der Waals surface area contributed by atoms with Crippen molar-refractivity contribution in [2.45, 2.75) is 6.54 Å². The van der Waals surface area contributed by atoms with E-state index in [-0.39, 0.29) is 11.0 Å². The number of rotatable bonds is 4. The fraction of sp³-hybridized carbons (Fsp3) is 0.0476. The molecule has 7 nitrogen and oxygen atoms in total. The summed E-state index contributed by atoms with van der Waals surface area (Å²) in [6.07, 6.45) is 1.51. The molecule has 2 aromatic heterocycles. The van der Waals surface area contributed by atoms with Crippen molar-refractivity contribution in [2.24, 2.45) is 0 Å². The van der Waals surface area contributed by atoms with Gasteiger partial charge in [0.25, 0.3) is 5.56 Å². The molecule has 4 rings (SSSR count). The number of hydrogen-bond acceptors (Lipinski definition) is 4. The van der Waals surface area contributed by atoms with Crippen molar-refractivity contribution >= 4 is 34.2 Å². The summed E-state index contributed by atoms with van der Waals surface area (Å²) < 4.78 is 2.23. The number of para-hydroxylation sites is 1. The molecule has 0 saturated heterocycles. The standard InChI is InChI=1S/C21H15ClN4O3/c22-14-8-10-15(11-9-14)24-18(27)13-25-20(28)17-7-4-12-23-19(17)26(21(25)29)16-5-2-1-3-6-16/h1-12H,13H2,(H,24,27). The van der Waals surface area contributed by atoms with Crippen LogP contribution < -0.4 is 16.6 Å². The van der Waals surface area contributed by atoms with Gasteiger partial charge in [-0.15, -0.1) is 0 Å². The monoisotopic (exact) mass is 406 g/mol. The van der Waals surface area contributed by atoms with Gasteiger partial charge in [-0.3, -0.25) is 9.59 Å². The number of nitrogens with one attached hydrogen (secondary N) is 1. The van der Waals surface area contributed by atoms with Crippen molar-refractivity contribution in [3.05, 3.63) is 98.8 Å². The molecule has 29 heavy (non-hydrogen) atoms. The van der Waals surface area contributed by atoms with Crippen molar-refractivity contribution in [3.63, 3.8) is 0 Å². The Balaban J connectivity index is 1.80. The maximum atomic E-state index is 13.1. The first-order valence-corrected chi connectivity index (χ1v) is 9.14. The summed E-state index contributed by atoms with van der Waals surface area (Å²) in [5, 5.41) is 3.44. The molecule has 0 spiro atoms. The van der Waals surface area contributed by atoms with Crippen molar-refractivity contribution in [1.29, 1.82) is 0 Å². The summed E-state index contributed by atoms with van der Waals surface area (Å²) in [5.74, 6) is -0.505. The molecule has 1 amide bonds. The van der Waals surface area contributed by atoms with Gasteiger partial charge in [0.15, 0.2) is 5.65 Å². The number of fused-ring (bicyclic) bond motifs is 1. The average molecular weight is 407 g/mol. The largest absolute Gasteiger partial charge is 0.337 e. The maximum Gasteiger partial charge on any atom is 0.337 e. The van der Waals surface area contributed by atoms with Gasteiger partial charge in [-0.1, -0.05) is 29.8 Å². The van der Waals surface area contributed by atoms with Crippen LogP contribution in [0, 0.1) is 0 Å². The Kier molecular flexibility index (Phi) is 4.97. The lowest BCUT2D eigenvalue weighted by atomic mass is 10.3. The lowest BCUT2D eigenvalue weighted by molar-refractivity contribution is -0.116. The SMILES string of the molecule is O=C(Cn1c(=O)c2cccnc2n(-c2ccccc2)c1=O)Nc1ccc(Cl)cc1. The minimum Gasteiger partial charge on any atom is -0.325 e. The van der Waals surface area contributed by atoms with Crippen LogP contribution in [0.3, 0.4) is 0 Å². The average Bonchev–Trinajstić information content (AvgIpc) is 2.74. The van der Waals surface area contributed by atoms with Crippen molar-refractivity contribution in [3.8, 4) is 5.69 Å². The Hall–Kier alpha value is -3.71. The Bertz CT molecular complexity index is 1310. The Morgan fingerprint density at radius 1 is 0.966 bits per heavy atom. The van der Waals surface area contributed by atoms with Gasteiger partial charge in [-0.05, 0) is 48.5 Å². The summed E-state index contributed by atoms with van der Waals surface area (Å²) in [6.45, 7) is -0.433. The molecule has 0 radical (unpaired) electrons. The zero-order valence-corrected chi connectivity index (χ0v) is 15.8. The lowest BCUT2D eigenvalue weighted by Crippen LogP contribution is -2.42. The van der Waals surface area contributed by atoms with E-state index in [0.717, 1.165) is 4.57 Å². The molecule has 0 aliphatic carbocycles. The summed E-state index contributed by atoms with van der Waals surface area (Å²) in [6, 6.07) is 18.6. The molecule has 4 aromatic rings. The number of benzene rings is 2. The number of halogens is 1. The molecular weight excluding hydrogens is 392 g/mol. The second-order valence-electron chi connectivity index (χ2n) is 6.27. The third-order valence-electron chi connectivity index (χ3n) is 4.34. The van der Waals surface area contributed by atoms with E-state index in [9.17, 15) is 14.4 Å². The number of hydrogen-bond donors (Lipinski definition) is 1. The van der Waals surface area contributed by atoms with Crippen LogP contribution in [-0.2, 0) is 11.3 Å². The van der Waals surface area contributed by atoms with Gasteiger partial charge in [0.2, 0.25) is 5.91 Å². The molecule has 144 valence electrons. The highest BCUT2D eigenvalue weighted by atomic mass is 35.5. The van der Waals surface area contributed by atoms with E-state index < -0.39 is 23.7 Å². The van der Waals surface area contributed by atoms with E-state index in [0.29, 0.717) is 16.4 Å². The van der Waals surface area contributed by atoms with Crippen LogP contribution in [0.15, 0.2) is 82.5 Å². The highest BCUT2D eigenvalue weighted by molar-refractivity contribution is 6.30. The first-order valence-electron chi connectivity index (χ1n) is 8.76. The van der Waals surface area contributed by atoms with Gasteiger partial charge >= 0.3 is 5.69 Å². The summed E-state index contributed by atoms with van der Waals surface area (Å²) in [4.78, 5) is 42.7. The topological polar surface area (TPSA) is 86.0 Å². The predicted octanol–water partition coefficient (Wildman–Crippen LogP) is 2.84. The van der Waals surface area contributed by atoms with E-state index in [1.54, 1.807) is 60.7 Å². The van der Waals surface area contributed by atoms with Crippen LogP contribution in [0.25, 0.3) is 16.7 Å². The summed E-state index contributed by atoms with van der Waals surface area (Å²) in [7, 11) is 0. The number of pyridine rings is 1. The van der Waals surface area contributed by atoms with Crippen molar-refractivity contribution in [2.75, 3.05) is 5.32 Å². The molecule has 0 unspecified atom stereocenters. The van der Waals surface area contributed by atoms with Crippen LogP contribution in [0.4, 0.5) is 5.69 Å². The molecule has 2 heterocycles. The third kappa shape index (κ3) is 3.68. The highest BCUT2D eigenvalue weighted by Gasteiger charge is 2.17. The summed E-state index contributed by atoms with van der Waals surface area (Å²) >= 11 is 5.84. The van der Waals surface area contributed by atoms with Crippen LogP contribution in [0.1, 0.15) is 0 Å². The smallest absolute Gasteiger partial charge is 0.325 e. The van der Waals surface area contributed by atoms with Gasteiger partial charge in [0.1, 0.15) is 6.54 Å². The fourth-order valence-electron chi connectivity index (χ4n) is 3.01. The molecule has 2 aromatic carbocycles. The predicted molar refractivity (Wildman–Crippen MR) is 112 cm³/mol. The number of carbonyl (C=O) groups excluding carboxylic acids is 1. The fourth-order valence-corrected chi connectivity index (χ4v) is 3.14. The quantitative estimate of drug-likeness (QED) is 0.564. The van der Waals surface area contributed by atoms with Crippen molar-refractivity contribution < 1.29 is 4.79 Å². The van der Waals surface area contributed by atoms with Gasteiger partial charge in [-0.2, -0.15) is 0 Å². The molecule has 0 bridgehead atoms. The number of amides is 1. The van der Waals surface area contributed by atoms with Gasteiger partial charge in [-0.25, -0.2) is 18.9 Å². The number of carbonyl (C=O) groups is 1. The van der Waals surface area contributed by atoms with Crippen LogP contribution in [-0.4, -0.2) is 20.0 Å². The molecule has 8 heteroatoms. The van der Waals surface area contributed by atoms with Crippen LogP contribution >= 0.6 is 11.6 Å². The molecular formula is C21H15ClN4O3. The van der Waals surface area contributed by atoms with E-state index in [1.165, 1.54) is 10.8 Å². The Morgan fingerprint density at radius 2 is 1.69 bits per heavy atom. The minimum atomic E-state index is -0.640. The molecule has 0 saturated carbocycles. The first kappa shape index (κ1) is 18.6. The highest BCUT2D eigenvalue weighted by Crippen LogP contribution is 2.14. The molecule has 0 aliphatic rings. The number of aromatic nitrogens is 3. The molecule has 0 aliphatic heterocycles. The van der Waals surface area contributed by atoms with Gasteiger partial charge < -0.3 is 5.32 Å². The van der Waals surface area contributed by atoms with E-state index in [1.807, 2.05) is 6.07 Å². The number of nitrogens with zero attached hydrogens (tertiary/aromatic N) is 3.